The number of carbonyl (C=O) groups excluding carboxylic acids is 1. The molecule has 0 spiro atoms. The lowest BCUT2D eigenvalue weighted by molar-refractivity contribution is -0.139. The minimum absolute atomic E-state index is 0.0135. The molecule has 2 N–H and O–H groups in total. The maximum Gasteiger partial charge on any atom is 0.326 e. The second kappa shape index (κ2) is 7.80. The first kappa shape index (κ1) is 19.5. The maximum absolute atomic E-state index is 12.5. The van der Waals surface area contributed by atoms with Crippen LogP contribution in [-0.2, 0) is 16.6 Å². The van der Waals surface area contributed by atoms with Crippen LogP contribution in [0.1, 0.15) is 42.4 Å². The number of aliphatic carboxylic acids is 1. The normalized spacial score (nSPS) is 12.5. The van der Waals surface area contributed by atoms with Crippen molar-refractivity contribution in [3.8, 4) is 0 Å². The molecule has 1 heterocycles. The number of nitrogens with one attached hydrogen (secondary N) is 1. The second-order valence-corrected chi connectivity index (χ2v) is 7.89. The number of amides is 1. The van der Waals surface area contributed by atoms with Crippen molar-refractivity contribution in [3.05, 3.63) is 77.5 Å². The third-order valence-corrected chi connectivity index (χ3v) is 4.69. The number of hydrogen-bond acceptors (Lipinski definition) is 3. The fourth-order valence-electron chi connectivity index (χ4n) is 2.99. The van der Waals surface area contributed by atoms with Crippen LogP contribution in [0.5, 0.6) is 0 Å². The largest absolute Gasteiger partial charge is 0.480 e. The van der Waals surface area contributed by atoms with Crippen molar-refractivity contribution < 1.29 is 14.7 Å². The van der Waals surface area contributed by atoms with Crippen molar-refractivity contribution >= 4 is 22.8 Å². The molecule has 0 aliphatic heterocycles. The van der Waals surface area contributed by atoms with Gasteiger partial charge in [-0.3, -0.25) is 9.78 Å². The van der Waals surface area contributed by atoms with E-state index in [1.54, 1.807) is 18.2 Å². The third-order valence-electron chi connectivity index (χ3n) is 4.69. The first-order valence-corrected chi connectivity index (χ1v) is 9.23. The molecule has 3 aromatic rings. The van der Waals surface area contributed by atoms with Gasteiger partial charge in [-0.25, -0.2) is 4.79 Å². The Morgan fingerprint density at radius 1 is 1.00 bits per heavy atom. The summed E-state index contributed by atoms with van der Waals surface area (Å²) in [6, 6.07) is 17.5. The Morgan fingerprint density at radius 3 is 2.32 bits per heavy atom. The Labute approximate surface area is 164 Å². The lowest BCUT2D eigenvalue weighted by Gasteiger charge is -2.19. The molecule has 1 aromatic heterocycles. The van der Waals surface area contributed by atoms with Crippen LogP contribution in [0.2, 0.25) is 0 Å². The molecule has 0 saturated carbocycles. The van der Waals surface area contributed by atoms with Gasteiger partial charge >= 0.3 is 5.97 Å². The van der Waals surface area contributed by atoms with Gasteiger partial charge in [0.25, 0.3) is 5.91 Å². The molecule has 5 heteroatoms. The molecule has 144 valence electrons. The molecule has 0 bridgehead atoms. The summed E-state index contributed by atoms with van der Waals surface area (Å²) >= 11 is 0. The zero-order valence-corrected chi connectivity index (χ0v) is 16.3. The molecule has 28 heavy (non-hydrogen) atoms. The van der Waals surface area contributed by atoms with Crippen LogP contribution >= 0.6 is 0 Å². The van der Waals surface area contributed by atoms with Gasteiger partial charge in [0, 0.05) is 23.1 Å². The van der Waals surface area contributed by atoms with E-state index < -0.39 is 17.9 Å². The average molecular weight is 376 g/mol. The average Bonchev–Trinajstić information content (AvgIpc) is 2.66. The summed E-state index contributed by atoms with van der Waals surface area (Å²) in [6.07, 6.45) is 0.117. The van der Waals surface area contributed by atoms with Crippen LogP contribution in [0.3, 0.4) is 0 Å². The Bertz CT molecular complexity index is 1000. The molecule has 0 fully saturated rings. The van der Waals surface area contributed by atoms with Crippen molar-refractivity contribution in [2.24, 2.45) is 0 Å². The monoisotopic (exact) mass is 376 g/mol. The number of carbonyl (C=O) groups is 2. The number of rotatable bonds is 5. The molecule has 0 unspecified atom stereocenters. The topological polar surface area (TPSA) is 79.3 Å². The highest BCUT2D eigenvalue weighted by Gasteiger charge is 2.22. The standard InChI is InChI=1S/C23H24N2O3/c1-23(2,3)17-11-8-16(9-12-17)21(26)25-20(22(27)28)14-18-13-10-15-6-4-5-7-19(15)24-18/h4-13,20H,14H2,1-3H3,(H,25,26)(H,27,28)/t20-/m1/s1. The van der Waals surface area contributed by atoms with Gasteiger partial charge in [-0.05, 0) is 35.2 Å². The van der Waals surface area contributed by atoms with E-state index in [0.717, 1.165) is 16.5 Å². The number of para-hydroxylation sites is 1. The van der Waals surface area contributed by atoms with Crippen LogP contribution in [0.25, 0.3) is 10.9 Å². The molecule has 0 aliphatic carbocycles. The molecule has 0 radical (unpaired) electrons. The fourth-order valence-corrected chi connectivity index (χ4v) is 2.99. The molecular formula is C23H24N2O3. The van der Waals surface area contributed by atoms with Crippen LogP contribution in [0.15, 0.2) is 60.7 Å². The van der Waals surface area contributed by atoms with Crippen molar-refractivity contribution in [3.63, 3.8) is 0 Å². The van der Waals surface area contributed by atoms with E-state index in [1.807, 2.05) is 42.5 Å². The fraction of sp³-hybridized carbons (Fsp3) is 0.261. The number of hydrogen-bond donors (Lipinski definition) is 2. The summed E-state index contributed by atoms with van der Waals surface area (Å²) in [5, 5.41) is 13.1. The number of aromatic nitrogens is 1. The van der Waals surface area contributed by atoms with Gasteiger partial charge in [-0.15, -0.1) is 0 Å². The predicted molar refractivity (Wildman–Crippen MR) is 109 cm³/mol. The lowest BCUT2D eigenvalue weighted by Crippen LogP contribution is -2.42. The number of fused-ring (bicyclic) bond motifs is 1. The lowest BCUT2D eigenvalue weighted by atomic mass is 9.86. The number of pyridine rings is 1. The van der Waals surface area contributed by atoms with Gasteiger partial charge in [0.2, 0.25) is 0 Å². The van der Waals surface area contributed by atoms with Crippen LogP contribution < -0.4 is 5.32 Å². The Kier molecular flexibility index (Phi) is 5.45. The zero-order valence-electron chi connectivity index (χ0n) is 16.3. The van der Waals surface area contributed by atoms with Crippen molar-refractivity contribution in [2.75, 3.05) is 0 Å². The smallest absolute Gasteiger partial charge is 0.326 e. The van der Waals surface area contributed by atoms with E-state index in [1.165, 1.54) is 0 Å². The molecule has 1 atom stereocenters. The molecular weight excluding hydrogens is 352 g/mol. The molecule has 1 amide bonds. The highest BCUT2D eigenvalue weighted by molar-refractivity contribution is 5.96. The zero-order chi connectivity index (χ0) is 20.3. The van der Waals surface area contributed by atoms with E-state index in [9.17, 15) is 14.7 Å². The highest BCUT2D eigenvalue weighted by Crippen LogP contribution is 2.22. The number of carboxylic acid groups (broad SMARTS) is 1. The maximum atomic E-state index is 12.5. The van der Waals surface area contributed by atoms with Crippen molar-refractivity contribution in [1.29, 1.82) is 0 Å². The van der Waals surface area contributed by atoms with Crippen LogP contribution in [-0.4, -0.2) is 28.0 Å². The van der Waals surface area contributed by atoms with Gasteiger partial charge in [-0.2, -0.15) is 0 Å². The number of nitrogens with zero attached hydrogens (tertiary/aromatic N) is 1. The molecule has 5 nitrogen and oxygen atoms in total. The van der Waals surface area contributed by atoms with Gasteiger partial charge < -0.3 is 10.4 Å². The van der Waals surface area contributed by atoms with Crippen LogP contribution in [0, 0.1) is 0 Å². The summed E-state index contributed by atoms with van der Waals surface area (Å²) < 4.78 is 0. The number of carboxylic acids is 1. The van der Waals surface area contributed by atoms with Gasteiger partial charge in [0.1, 0.15) is 6.04 Å². The Hall–Kier alpha value is -3.21. The van der Waals surface area contributed by atoms with E-state index in [4.69, 9.17) is 0 Å². The molecule has 2 aromatic carbocycles. The third kappa shape index (κ3) is 4.55. The number of benzene rings is 2. The predicted octanol–water partition coefficient (Wildman–Crippen LogP) is 3.96. The van der Waals surface area contributed by atoms with E-state index >= 15 is 0 Å². The van der Waals surface area contributed by atoms with E-state index in [2.05, 4.69) is 31.1 Å². The van der Waals surface area contributed by atoms with Gasteiger partial charge in [-0.1, -0.05) is 57.2 Å². The van der Waals surface area contributed by atoms with Gasteiger partial charge in [0.15, 0.2) is 0 Å². The summed E-state index contributed by atoms with van der Waals surface area (Å²) in [5.74, 6) is -1.50. The Morgan fingerprint density at radius 2 is 1.68 bits per heavy atom. The van der Waals surface area contributed by atoms with Crippen molar-refractivity contribution in [2.45, 2.75) is 38.6 Å². The minimum atomic E-state index is -1.09. The van der Waals surface area contributed by atoms with E-state index in [-0.39, 0.29) is 11.8 Å². The first-order valence-electron chi connectivity index (χ1n) is 9.23. The van der Waals surface area contributed by atoms with Crippen molar-refractivity contribution in [1.82, 2.24) is 10.3 Å². The van der Waals surface area contributed by atoms with Crippen LogP contribution in [0.4, 0.5) is 0 Å². The summed E-state index contributed by atoms with van der Waals surface area (Å²) in [4.78, 5) is 28.7. The second-order valence-electron chi connectivity index (χ2n) is 7.89. The first-order chi connectivity index (χ1) is 13.2. The Balaban J connectivity index is 1.75. The SMILES string of the molecule is CC(C)(C)c1ccc(C(=O)N[C@H](Cc2ccc3ccccc3n2)C(=O)O)cc1. The summed E-state index contributed by atoms with van der Waals surface area (Å²) in [7, 11) is 0. The molecule has 0 saturated heterocycles. The summed E-state index contributed by atoms with van der Waals surface area (Å²) in [6.45, 7) is 6.29. The molecule has 0 aliphatic rings. The minimum Gasteiger partial charge on any atom is -0.480 e. The summed E-state index contributed by atoms with van der Waals surface area (Å²) in [5.41, 5.74) is 2.95. The van der Waals surface area contributed by atoms with Gasteiger partial charge in [0.05, 0.1) is 5.52 Å². The quantitative estimate of drug-likeness (QED) is 0.706. The highest BCUT2D eigenvalue weighted by atomic mass is 16.4. The van der Waals surface area contributed by atoms with E-state index in [0.29, 0.717) is 11.3 Å². The molecule has 3 rings (SSSR count).